The third-order valence-corrected chi connectivity index (χ3v) is 5.56. The molecule has 2 aliphatic rings. The Bertz CT molecular complexity index is 827. The SMILES string of the molecule is CC(C)Cc1noc([C@@H]2CCCN(C(=O)c3cc4n(n3)CCCN(C)C4)C2)n1. The van der Waals surface area contributed by atoms with Gasteiger partial charge in [0.2, 0.25) is 5.89 Å². The van der Waals surface area contributed by atoms with Crippen molar-refractivity contribution in [2.75, 3.05) is 26.7 Å². The topological polar surface area (TPSA) is 80.3 Å². The Morgan fingerprint density at radius 1 is 1.29 bits per heavy atom. The second-order valence-corrected chi connectivity index (χ2v) is 8.57. The molecule has 1 amide bonds. The van der Waals surface area contributed by atoms with Gasteiger partial charge in [0, 0.05) is 39.1 Å². The molecule has 0 spiro atoms. The van der Waals surface area contributed by atoms with E-state index < -0.39 is 0 Å². The average molecular weight is 387 g/mol. The zero-order valence-corrected chi connectivity index (χ0v) is 17.1. The number of carbonyl (C=O) groups is 1. The molecule has 8 heteroatoms. The van der Waals surface area contributed by atoms with Gasteiger partial charge in [-0.15, -0.1) is 0 Å². The maximum atomic E-state index is 13.1. The van der Waals surface area contributed by atoms with Gasteiger partial charge in [-0.1, -0.05) is 19.0 Å². The van der Waals surface area contributed by atoms with Crippen molar-refractivity contribution >= 4 is 5.91 Å². The number of nitrogens with zero attached hydrogens (tertiary/aromatic N) is 6. The van der Waals surface area contributed by atoms with E-state index in [1.165, 1.54) is 0 Å². The van der Waals surface area contributed by atoms with E-state index in [0.717, 1.165) is 63.4 Å². The lowest BCUT2D eigenvalue weighted by atomic mass is 9.97. The van der Waals surface area contributed by atoms with Crippen molar-refractivity contribution in [3.05, 3.63) is 29.2 Å². The fourth-order valence-electron chi connectivity index (χ4n) is 4.13. The second kappa shape index (κ2) is 8.03. The largest absolute Gasteiger partial charge is 0.339 e. The van der Waals surface area contributed by atoms with Gasteiger partial charge in [-0.3, -0.25) is 9.48 Å². The van der Waals surface area contributed by atoms with Gasteiger partial charge >= 0.3 is 0 Å². The van der Waals surface area contributed by atoms with Gasteiger partial charge < -0.3 is 14.3 Å². The molecule has 1 saturated heterocycles. The standard InChI is InChI=1S/C20H30N6O2/c1-14(2)10-18-21-19(28-23-18)15-6-4-8-25(12-15)20(27)17-11-16-13-24(3)7-5-9-26(16)22-17/h11,14-15H,4-10,12-13H2,1-3H3/t15-/m1/s1. The maximum Gasteiger partial charge on any atom is 0.274 e. The summed E-state index contributed by atoms with van der Waals surface area (Å²) in [5.74, 6) is 2.03. The molecule has 0 radical (unpaired) electrons. The van der Waals surface area contributed by atoms with E-state index in [1.807, 2.05) is 15.6 Å². The van der Waals surface area contributed by atoms with E-state index in [-0.39, 0.29) is 11.8 Å². The van der Waals surface area contributed by atoms with Gasteiger partial charge in [-0.05, 0) is 38.3 Å². The molecule has 0 aromatic carbocycles. The Balaban J connectivity index is 1.45. The first kappa shape index (κ1) is 19.1. The Labute approximate surface area is 165 Å². The van der Waals surface area contributed by atoms with Crippen LogP contribution in [0.2, 0.25) is 0 Å². The van der Waals surface area contributed by atoms with E-state index in [4.69, 9.17) is 4.52 Å². The number of hydrogen-bond donors (Lipinski definition) is 0. The monoisotopic (exact) mass is 386 g/mol. The first-order valence-electron chi connectivity index (χ1n) is 10.4. The highest BCUT2D eigenvalue weighted by Gasteiger charge is 2.30. The first-order chi connectivity index (χ1) is 13.5. The molecule has 1 fully saturated rings. The molecule has 0 saturated carbocycles. The minimum atomic E-state index is 0.00912. The van der Waals surface area contributed by atoms with E-state index in [1.54, 1.807) is 0 Å². The highest BCUT2D eigenvalue weighted by atomic mass is 16.5. The molecule has 1 atom stereocenters. The zero-order chi connectivity index (χ0) is 19.7. The molecule has 0 unspecified atom stereocenters. The first-order valence-corrected chi connectivity index (χ1v) is 10.4. The molecule has 28 heavy (non-hydrogen) atoms. The Kier molecular flexibility index (Phi) is 5.48. The van der Waals surface area contributed by atoms with Crippen LogP contribution in [0.15, 0.2) is 10.6 Å². The summed E-state index contributed by atoms with van der Waals surface area (Å²) >= 11 is 0. The van der Waals surface area contributed by atoms with Gasteiger partial charge in [0.05, 0.1) is 11.6 Å². The van der Waals surface area contributed by atoms with Gasteiger partial charge in [-0.25, -0.2) is 0 Å². The summed E-state index contributed by atoms with van der Waals surface area (Å²) in [6.07, 6.45) is 3.78. The molecular formula is C20H30N6O2. The van der Waals surface area contributed by atoms with Crippen LogP contribution in [0, 0.1) is 5.92 Å². The van der Waals surface area contributed by atoms with Crippen LogP contribution >= 0.6 is 0 Å². The van der Waals surface area contributed by atoms with Crippen molar-refractivity contribution in [2.24, 2.45) is 5.92 Å². The lowest BCUT2D eigenvalue weighted by molar-refractivity contribution is 0.0688. The average Bonchev–Trinajstić information content (AvgIpc) is 3.24. The van der Waals surface area contributed by atoms with Crippen molar-refractivity contribution in [1.82, 2.24) is 29.7 Å². The quantitative estimate of drug-likeness (QED) is 0.802. The Morgan fingerprint density at radius 3 is 2.96 bits per heavy atom. The molecule has 2 aliphatic heterocycles. The summed E-state index contributed by atoms with van der Waals surface area (Å²) in [7, 11) is 2.11. The van der Waals surface area contributed by atoms with Gasteiger partial charge in [0.1, 0.15) is 0 Å². The summed E-state index contributed by atoms with van der Waals surface area (Å²) in [5.41, 5.74) is 1.67. The third-order valence-electron chi connectivity index (χ3n) is 5.56. The Morgan fingerprint density at radius 2 is 2.14 bits per heavy atom. The van der Waals surface area contributed by atoms with Crippen LogP contribution in [0.5, 0.6) is 0 Å². The van der Waals surface area contributed by atoms with Crippen LogP contribution < -0.4 is 0 Å². The summed E-state index contributed by atoms with van der Waals surface area (Å²) in [4.78, 5) is 21.8. The molecule has 4 heterocycles. The molecule has 2 aromatic rings. The summed E-state index contributed by atoms with van der Waals surface area (Å²) < 4.78 is 7.50. The maximum absolute atomic E-state index is 13.1. The van der Waals surface area contributed by atoms with Crippen LogP contribution in [0.25, 0.3) is 0 Å². The van der Waals surface area contributed by atoms with Crippen molar-refractivity contribution in [1.29, 1.82) is 0 Å². The molecule has 0 bridgehead atoms. The van der Waals surface area contributed by atoms with E-state index in [9.17, 15) is 4.79 Å². The number of carbonyl (C=O) groups excluding carboxylic acids is 1. The fraction of sp³-hybridized carbons (Fsp3) is 0.700. The highest BCUT2D eigenvalue weighted by Crippen LogP contribution is 2.27. The Hall–Kier alpha value is -2.22. The van der Waals surface area contributed by atoms with Crippen LogP contribution in [-0.4, -0.2) is 62.3 Å². The van der Waals surface area contributed by atoms with E-state index >= 15 is 0 Å². The number of aryl methyl sites for hydroxylation is 1. The van der Waals surface area contributed by atoms with E-state index in [2.05, 4.69) is 41.0 Å². The number of piperidine rings is 1. The molecule has 8 nitrogen and oxygen atoms in total. The predicted molar refractivity (Wildman–Crippen MR) is 104 cm³/mol. The molecule has 152 valence electrons. The lowest BCUT2D eigenvalue weighted by Crippen LogP contribution is -2.39. The van der Waals surface area contributed by atoms with Crippen molar-refractivity contribution in [3.63, 3.8) is 0 Å². The second-order valence-electron chi connectivity index (χ2n) is 8.57. The van der Waals surface area contributed by atoms with Gasteiger partial charge in [0.25, 0.3) is 5.91 Å². The molecule has 0 aliphatic carbocycles. The smallest absolute Gasteiger partial charge is 0.274 e. The van der Waals surface area contributed by atoms with Crippen molar-refractivity contribution < 1.29 is 9.32 Å². The lowest BCUT2D eigenvalue weighted by Gasteiger charge is -2.30. The number of rotatable bonds is 4. The van der Waals surface area contributed by atoms with Crippen LogP contribution in [-0.2, 0) is 19.5 Å². The van der Waals surface area contributed by atoms with Crippen molar-refractivity contribution in [2.45, 2.75) is 58.5 Å². The van der Waals surface area contributed by atoms with Crippen LogP contribution in [0.4, 0.5) is 0 Å². The zero-order valence-electron chi connectivity index (χ0n) is 17.1. The number of amides is 1. The predicted octanol–water partition coefficient (Wildman–Crippen LogP) is 2.32. The number of aromatic nitrogens is 4. The van der Waals surface area contributed by atoms with Crippen LogP contribution in [0.1, 0.15) is 66.9 Å². The van der Waals surface area contributed by atoms with Crippen molar-refractivity contribution in [3.8, 4) is 0 Å². The summed E-state index contributed by atoms with van der Waals surface area (Å²) in [6.45, 7) is 8.42. The number of hydrogen-bond acceptors (Lipinski definition) is 6. The summed E-state index contributed by atoms with van der Waals surface area (Å²) in [6, 6.07) is 1.96. The van der Waals surface area contributed by atoms with E-state index in [0.29, 0.717) is 24.0 Å². The highest BCUT2D eigenvalue weighted by molar-refractivity contribution is 5.92. The molecule has 4 rings (SSSR count). The summed E-state index contributed by atoms with van der Waals surface area (Å²) in [5, 5.41) is 8.71. The van der Waals surface area contributed by atoms with Gasteiger partial charge in [-0.2, -0.15) is 10.1 Å². The number of likely N-dealkylation sites (tertiary alicyclic amines) is 1. The van der Waals surface area contributed by atoms with Crippen LogP contribution in [0.3, 0.4) is 0 Å². The minimum Gasteiger partial charge on any atom is -0.339 e. The molecular weight excluding hydrogens is 356 g/mol. The third kappa shape index (κ3) is 4.11. The normalized spacial score (nSPS) is 21.0. The molecule has 2 aromatic heterocycles. The number of fused-ring (bicyclic) bond motifs is 1. The van der Waals surface area contributed by atoms with Gasteiger partial charge in [0.15, 0.2) is 11.5 Å². The minimum absolute atomic E-state index is 0.00912. The fourth-order valence-corrected chi connectivity index (χ4v) is 4.13. The molecule has 0 N–H and O–H groups in total.